The first-order chi connectivity index (χ1) is 18.7. The third kappa shape index (κ3) is 8.12. The van der Waals surface area contributed by atoms with Crippen LogP contribution in [-0.4, -0.2) is 51.0 Å². The molecule has 1 N–H and O–H groups in total. The first-order valence-electron chi connectivity index (χ1n) is 11.8. The number of nitrogens with zero attached hydrogens (tertiary/aromatic N) is 2. The Labute approximate surface area is 240 Å². The van der Waals surface area contributed by atoms with Crippen LogP contribution in [0.25, 0.3) is 0 Å². The molecule has 7 nitrogen and oxygen atoms in total. The van der Waals surface area contributed by atoms with Gasteiger partial charge in [0.2, 0.25) is 21.8 Å². The molecule has 0 fully saturated rings. The van der Waals surface area contributed by atoms with Gasteiger partial charge in [0.25, 0.3) is 0 Å². The van der Waals surface area contributed by atoms with Crippen molar-refractivity contribution >= 4 is 50.7 Å². The molecule has 214 valence electrons. The van der Waals surface area contributed by atoms with E-state index >= 15 is 0 Å². The normalized spacial score (nSPS) is 12.5. The van der Waals surface area contributed by atoms with E-state index in [2.05, 4.69) is 5.32 Å². The van der Waals surface area contributed by atoms with Crippen LogP contribution in [0.15, 0.2) is 72.8 Å². The molecule has 0 saturated heterocycles. The summed E-state index contributed by atoms with van der Waals surface area (Å²) in [5.74, 6) is -1.34. The molecular formula is C27H26Cl2F3N3O4S. The second-order valence-electron chi connectivity index (χ2n) is 8.90. The monoisotopic (exact) mass is 615 g/mol. The van der Waals surface area contributed by atoms with E-state index < -0.39 is 56.9 Å². The molecule has 0 aliphatic rings. The lowest BCUT2D eigenvalue weighted by Crippen LogP contribution is -2.52. The quantitative estimate of drug-likeness (QED) is 0.341. The highest BCUT2D eigenvalue weighted by Crippen LogP contribution is 2.37. The van der Waals surface area contributed by atoms with Gasteiger partial charge in [0.1, 0.15) is 12.6 Å². The smallest absolute Gasteiger partial charge is 0.357 e. The summed E-state index contributed by atoms with van der Waals surface area (Å²) < 4.78 is 66.6. The number of carbonyl (C=O) groups is 2. The van der Waals surface area contributed by atoms with E-state index in [0.717, 1.165) is 24.0 Å². The molecule has 0 spiro atoms. The molecule has 0 heterocycles. The van der Waals surface area contributed by atoms with E-state index in [4.69, 9.17) is 23.2 Å². The number of anilines is 1. The fourth-order valence-corrected chi connectivity index (χ4v) is 5.33. The van der Waals surface area contributed by atoms with E-state index in [0.29, 0.717) is 21.0 Å². The summed E-state index contributed by atoms with van der Waals surface area (Å²) in [6.45, 7) is -1.00. The Morgan fingerprint density at radius 1 is 0.950 bits per heavy atom. The number of rotatable bonds is 10. The Bertz CT molecular complexity index is 1470. The maximum atomic E-state index is 13.8. The largest absolute Gasteiger partial charge is 0.417 e. The molecular weight excluding hydrogens is 590 g/mol. The van der Waals surface area contributed by atoms with Crippen LogP contribution in [0, 0.1) is 0 Å². The van der Waals surface area contributed by atoms with Gasteiger partial charge >= 0.3 is 6.18 Å². The van der Waals surface area contributed by atoms with Crippen molar-refractivity contribution in [2.45, 2.75) is 25.2 Å². The minimum absolute atomic E-state index is 0.0882. The standard InChI is InChI=1S/C27H26Cl2F3N3O4S/c1-33-26(37)24(14-18-7-4-3-5-8-18)34(16-19-9-6-10-20(28)13-19)25(36)17-35(40(2,38)39)21-11-12-23(29)22(15-21)27(30,31)32/h3-13,15,24H,14,16-17H2,1-2H3,(H,33,37). The molecule has 0 saturated carbocycles. The molecule has 3 aromatic rings. The Hall–Kier alpha value is -3.28. The van der Waals surface area contributed by atoms with E-state index in [-0.39, 0.29) is 13.0 Å². The molecule has 0 radical (unpaired) electrons. The van der Waals surface area contributed by atoms with Gasteiger partial charge in [-0.05, 0) is 41.5 Å². The van der Waals surface area contributed by atoms with Crippen LogP contribution in [-0.2, 0) is 38.8 Å². The number of sulfonamides is 1. The molecule has 0 bridgehead atoms. The zero-order chi connectivity index (χ0) is 29.7. The second kappa shape index (κ2) is 12.9. The van der Waals surface area contributed by atoms with Crippen LogP contribution in [0.3, 0.4) is 0 Å². The fraction of sp³-hybridized carbons (Fsp3) is 0.259. The molecule has 0 aliphatic carbocycles. The van der Waals surface area contributed by atoms with Crippen LogP contribution in [0.4, 0.5) is 18.9 Å². The highest BCUT2D eigenvalue weighted by atomic mass is 35.5. The summed E-state index contributed by atoms with van der Waals surface area (Å²) in [5.41, 5.74) is -0.377. The van der Waals surface area contributed by atoms with Gasteiger partial charge < -0.3 is 10.2 Å². The Morgan fingerprint density at radius 3 is 2.17 bits per heavy atom. The van der Waals surface area contributed by atoms with Crippen molar-refractivity contribution < 1.29 is 31.2 Å². The molecule has 1 atom stereocenters. The van der Waals surface area contributed by atoms with E-state index in [1.807, 2.05) is 0 Å². The maximum absolute atomic E-state index is 13.8. The Balaban J connectivity index is 2.07. The van der Waals surface area contributed by atoms with Crippen molar-refractivity contribution in [3.63, 3.8) is 0 Å². The first kappa shape index (κ1) is 31.3. The molecule has 3 rings (SSSR count). The van der Waals surface area contributed by atoms with Crippen molar-refractivity contribution in [2.75, 3.05) is 24.2 Å². The lowest BCUT2D eigenvalue weighted by Gasteiger charge is -2.33. The number of hydrogen-bond donors (Lipinski definition) is 1. The zero-order valence-electron chi connectivity index (χ0n) is 21.5. The van der Waals surface area contributed by atoms with Crippen LogP contribution < -0.4 is 9.62 Å². The molecule has 0 aromatic heterocycles. The van der Waals surface area contributed by atoms with Gasteiger partial charge in [-0.2, -0.15) is 13.2 Å². The number of hydrogen-bond acceptors (Lipinski definition) is 4. The van der Waals surface area contributed by atoms with Gasteiger partial charge in [-0.25, -0.2) is 8.42 Å². The minimum Gasteiger partial charge on any atom is -0.357 e. The van der Waals surface area contributed by atoms with E-state index in [9.17, 15) is 31.2 Å². The summed E-state index contributed by atoms with van der Waals surface area (Å²) in [7, 11) is -2.86. The minimum atomic E-state index is -4.86. The number of nitrogens with one attached hydrogen (secondary N) is 1. The molecule has 40 heavy (non-hydrogen) atoms. The number of benzene rings is 3. The molecule has 3 aromatic carbocycles. The molecule has 13 heteroatoms. The third-order valence-electron chi connectivity index (χ3n) is 5.98. The highest BCUT2D eigenvalue weighted by molar-refractivity contribution is 7.92. The average molecular weight is 616 g/mol. The highest BCUT2D eigenvalue weighted by Gasteiger charge is 2.36. The summed E-state index contributed by atoms with van der Waals surface area (Å²) in [6.07, 6.45) is -4.01. The van der Waals surface area contributed by atoms with Gasteiger partial charge in [-0.1, -0.05) is 65.7 Å². The number of amides is 2. The topological polar surface area (TPSA) is 86.8 Å². The van der Waals surface area contributed by atoms with Gasteiger partial charge in [0, 0.05) is 25.0 Å². The van der Waals surface area contributed by atoms with Crippen molar-refractivity contribution in [1.29, 1.82) is 0 Å². The summed E-state index contributed by atoms with van der Waals surface area (Å²) in [4.78, 5) is 28.1. The summed E-state index contributed by atoms with van der Waals surface area (Å²) in [6, 6.07) is 16.9. The van der Waals surface area contributed by atoms with Crippen molar-refractivity contribution in [2.24, 2.45) is 0 Å². The van der Waals surface area contributed by atoms with E-state index in [1.54, 1.807) is 54.6 Å². The third-order valence-corrected chi connectivity index (χ3v) is 7.69. The van der Waals surface area contributed by atoms with E-state index in [1.165, 1.54) is 11.9 Å². The Kier molecular flexibility index (Phi) is 10.1. The van der Waals surface area contributed by atoms with Crippen molar-refractivity contribution in [1.82, 2.24) is 10.2 Å². The lowest BCUT2D eigenvalue weighted by molar-refractivity contribution is -0.139. The second-order valence-corrected chi connectivity index (χ2v) is 11.7. The predicted molar refractivity (Wildman–Crippen MR) is 149 cm³/mol. The average Bonchev–Trinajstić information content (AvgIpc) is 2.88. The lowest BCUT2D eigenvalue weighted by atomic mass is 10.0. The Morgan fingerprint density at radius 2 is 1.60 bits per heavy atom. The predicted octanol–water partition coefficient (Wildman–Crippen LogP) is 5.16. The first-order valence-corrected chi connectivity index (χ1v) is 14.4. The number of carbonyl (C=O) groups excluding carboxylic acids is 2. The van der Waals surface area contributed by atoms with Crippen LogP contribution >= 0.6 is 23.2 Å². The summed E-state index contributed by atoms with van der Waals surface area (Å²) >= 11 is 11.8. The van der Waals surface area contributed by atoms with Crippen LogP contribution in [0.2, 0.25) is 10.0 Å². The van der Waals surface area contributed by atoms with Gasteiger partial charge in [0.15, 0.2) is 0 Å². The summed E-state index contributed by atoms with van der Waals surface area (Å²) in [5, 5.41) is 2.29. The van der Waals surface area contributed by atoms with Crippen molar-refractivity contribution in [3.8, 4) is 0 Å². The zero-order valence-corrected chi connectivity index (χ0v) is 23.8. The van der Waals surface area contributed by atoms with Gasteiger partial charge in [-0.3, -0.25) is 13.9 Å². The van der Waals surface area contributed by atoms with Gasteiger partial charge in [0.05, 0.1) is 22.5 Å². The van der Waals surface area contributed by atoms with Crippen molar-refractivity contribution in [3.05, 3.63) is 99.5 Å². The van der Waals surface area contributed by atoms with Crippen LogP contribution in [0.5, 0.6) is 0 Å². The molecule has 1 unspecified atom stereocenters. The number of halogens is 5. The number of likely N-dealkylation sites (N-methyl/N-ethyl adjacent to an activating group) is 1. The fourth-order valence-electron chi connectivity index (χ4n) is 4.05. The number of alkyl halides is 3. The molecule has 0 aliphatic heterocycles. The SMILES string of the molecule is CNC(=O)C(Cc1ccccc1)N(Cc1cccc(Cl)c1)C(=O)CN(c1ccc(Cl)c(C(F)(F)F)c1)S(C)(=O)=O. The molecule has 2 amide bonds. The van der Waals surface area contributed by atoms with Gasteiger partial charge in [-0.15, -0.1) is 0 Å². The van der Waals surface area contributed by atoms with Crippen LogP contribution in [0.1, 0.15) is 16.7 Å². The maximum Gasteiger partial charge on any atom is 0.417 e.